The molecule has 0 saturated heterocycles. The summed E-state index contributed by atoms with van der Waals surface area (Å²) in [6.45, 7) is 0.474. The highest BCUT2D eigenvalue weighted by Crippen LogP contribution is 2.13. The Morgan fingerprint density at radius 1 is 1.30 bits per heavy atom. The standard InChI is InChI=1S/C7H9BrN2/c8-6-1-3-7(4-2-6)10-5-9/h1-4,10H,5,9H2. The number of hydrogen-bond acceptors (Lipinski definition) is 2. The molecule has 3 N–H and O–H groups in total. The van der Waals surface area contributed by atoms with Gasteiger partial charge in [0, 0.05) is 10.2 Å². The summed E-state index contributed by atoms with van der Waals surface area (Å²) in [5.74, 6) is 0. The zero-order chi connectivity index (χ0) is 7.40. The van der Waals surface area contributed by atoms with Crippen molar-refractivity contribution in [3.8, 4) is 0 Å². The normalized spacial score (nSPS) is 9.40. The van der Waals surface area contributed by atoms with E-state index >= 15 is 0 Å². The Morgan fingerprint density at radius 2 is 1.90 bits per heavy atom. The third-order valence-electron chi connectivity index (χ3n) is 1.15. The minimum atomic E-state index is 0.474. The second kappa shape index (κ2) is 3.58. The van der Waals surface area contributed by atoms with Crippen molar-refractivity contribution in [2.24, 2.45) is 5.73 Å². The highest BCUT2D eigenvalue weighted by Gasteiger charge is 1.87. The van der Waals surface area contributed by atoms with Gasteiger partial charge in [-0.1, -0.05) is 15.9 Å². The van der Waals surface area contributed by atoms with Gasteiger partial charge in [0.15, 0.2) is 0 Å². The van der Waals surface area contributed by atoms with Gasteiger partial charge < -0.3 is 11.1 Å². The summed E-state index contributed by atoms with van der Waals surface area (Å²) in [6.07, 6.45) is 0. The van der Waals surface area contributed by atoms with E-state index < -0.39 is 0 Å². The molecular formula is C7H9BrN2. The Labute approximate surface area is 68.6 Å². The minimum absolute atomic E-state index is 0.474. The number of benzene rings is 1. The molecular weight excluding hydrogens is 192 g/mol. The Kier molecular flexibility index (Phi) is 2.71. The van der Waals surface area contributed by atoms with Gasteiger partial charge in [-0.25, -0.2) is 0 Å². The van der Waals surface area contributed by atoms with E-state index in [2.05, 4.69) is 21.2 Å². The summed E-state index contributed by atoms with van der Waals surface area (Å²) in [7, 11) is 0. The zero-order valence-corrected chi connectivity index (χ0v) is 7.06. The molecule has 0 spiro atoms. The van der Waals surface area contributed by atoms with E-state index in [1.807, 2.05) is 24.3 Å². The van der Waals surface area contributed by atoms with Crippen molar-refractivity contribution in [2.75, 3.05) is 12.0 Å². The lowest BCUT2D eigenvalue weighted by atomic mass is 10.3. The van der Waals surface area contributed by atoms with Crippen LogP contribution in [0.3, 0.4) is 0 Å². The largest absolute Gasteiger partial charge is 0.373 e. The van der Waals surface area contributed by atoms with Gasteiger partial charge in [0.05, 0.1) is 6.67 Å². The Hall–Kier alpha value is -0.540. The summed E-state index contributed by atoms with van der Waals surface area (Å²) < 4.78 is 1.08. The lowest BCUT2D eigenvalue weighted by Gasteiger charge is -2.00. The van der Waals surface area contributed by atoms with Crippen LogP contribution in [-0.2, 0) is 0 Å². The molecule has 0 aliphatic carbocycles. The minimum Gasteiger partial charge on any atom is -0.373 e. The van der Waals surface area contributed by atoms with Crippen LogP contribution in [0, 0.1) is 0 Å². The molecule has 1 aromatic rings. The van der Waals surface area contributed by atoms with Gasteiger partial charge in [-0.2, -0.15) is 0 Å². The summed E-state index contributed by atoms with van der Waals surface area (Å²) >= 11 is 3.34. The van der Waals surface area contributed by atoms with E-state index in [-0.39, 0.29) is 0 Å². The van der Waals surface area contributed by atoms with Gasteiger partial charge in [0.2, 0.25) is 0 Å². The Morgan fingerprint density at radius 3 is 2.40 bits per heavy atom. The molecule has 0 aromatic heterocycles. The van der Waals surface area contributed by atoms with Crippen molar-refractivity contribution in [3.63, 3.8) is 0 Å². The van der Waals surface area contributed by atoms with Gasteiger partial charge in [0.25, 0.3) is 0 Å². The van der Waals surface area contributed by atoms with Crippen LogP contribution in [0.1, 0.15) is 0 Å². The quantitative estimate of drug-likeness (QED) is 0.715. The van der Waals surface area contributed by atoms with Crippen molar-refractivity contribution in [1.82, 2.24) is 0 Å². The van der Waals surface area contributed by atoms with E-state index in [1.54, 1.807) is 0 Å². The third-order valence-corrected chi connectivity index (χ3v) is 1.68. The summed E-state index contributed by atoms with van der Waals surface area (Å²) in [5.41, 5.74) is 6.32. The molecule has 0 unspecified atom stereocenters. The molecule has 0 bridgehead atoms. The zero-order valence-electron chi connectivity index (χ0n) is 5.47. The van der Waals surface area contributed by atoms with Crippen molar-refractivity contribution >= 4 is 21.6 Å². The maximum Gasteiger partial charge on any atom is 0.0628 e. The third kappa shape index (κ3) is 2.01. The molecule has 1 rings (SSSR count). The Bertz CT molecular complexity index is 195. The summed E-state index contributed by atoms with van der Waals surface area (Å²) in [4.78, 5) is 0. The summed E-state index contributed by atoms with van der Waals surface area (Å²) in [5, 5.41) is 2.99. The predicted octanol–water partition coefficient (Wildman–Crippen LogP) is 1.78. The second-order valence-electron chi connectivity index (χ2n) is 1.89. The summed E-state index contributed by atoms with van der Waals surface area (Å²) in [6, 6.07) is 7.88. The van der Waals surface area contributed by atoms with Crippen molar-refractivity contribution in [1.29, 1.82) is 0 Å². The fraction of sp³-hybridized carbons (Fsp3) is 0.143. The highest BCUT2D eigenvalue weighted by molar-refractivity contribution is 9.10. The fourth-order valence-electron chi connectivity index (χ4n) is 0.686. The van der Waals surface area contributed by atoms with E-state index in [4.69, 9.17) is 5.73 Å². The first-order chi connectivity index (χ1) is 4.83. The van der Waals surface area contributed by atoms with Crippen LogP contribution in [0.4, 0.5) is 5.69 Å². The first-order valence-electron chi connectivity index (χ1n) is 3.02. The number of anilines is 1. The van der Waals surface area contributed by atoms with Crippen LogP contribution in [0.15, 0.2) is 28.7 Å². The van der Waals surface area contributed by atoms with Crippen LogP contribution >= 0.6 is 15.9 Å². The number of nitrogens with one attached hydrogen (secondary N) is 1. The first-order valence-corrected chi connectivity index (χ1v) is 3.82. The molecule has 1 aromatic carbocycles. The molecule has 0 radical (unpaired) electrons. The average molecular weight is 201 g/mol. The topological polar surface area (TPSA) is 38.0 Å². The van der Waals surface area contributed by atoms with Gasteiger partial charge in [-0.05, 0) is 24.3 Å². The maximum atomic E-state index is 5.28. The van der Waals surface area contributed by atoms with E-state index in [9.17, 15) is 0 Å². The average Bonchev–Trinajstić information content (AvgIpc) is 1.95. The predicted molar refractivity (Wildman–Crippen MR) is 46.8 cm³/mol. The monoisotopic (exact) mass is 200 g/mol. The fourth-order valence-corrected chi connectivity index (χ4v) is 0.950. The van der Waals surface area contributed by atoms with E-state index in [0.29, 0.717) is 6.67 Å². The number of hydrogen-bond donors (Lipinski definition) is 2. The van der Waals surface area contributed by atoms with Gasteiger partial charge >= 0.3 is 0 Å². The maximum absolute atomic E-state index is 5.28. The molecule has 0 aliphatic rings. The molecule has 3 heteroatoms. The highest BCUT2D eigenvalue weighted by atomic mass is 79.9. The Balaban J connectivity index is 2.69. The van der Waals surface area contributed by atoms with Crippen molar-refractivity contribution < 1.29 is 0 Å². The van der Waals surface area contributed by atoms with E-state index in [1.165, 1.54) is 0 Å². The lowest BCUT2D eigenvalue weighted by molar-refractivity contribution is 1.14. The molecule has 0 amide bonds. The van der Waals surface area contributed by atoms with Crippen LogP contribution in [-0.4, -0.2) is 6.67 Å². The molecule has 0 atom stereocenters. The molecule has 0 saturated carbocycles. The smallest absolute Gasteiger partial charge is 0.0628 e. The van der Waals surface area contributed by atoms with Gasteiger partial charge in [-0.15, -0.1) is 0 Å². The van der Waals surface area contributed by atoms with Crippen LogP contribution in [0.25, 0.3) is 0 Å². The van der Waals surface area contributed by atoms with Crippen LogP contribution < -0.4 is 11.1 Å². The molecule has 0 aliphatic heterocycles. The molecule has 54 valence electrons. The molecule has 10 heavy (non-hydrogen) atoms. The molecule has 0 heterocycles. The number of halogens is 1. The van der Waals surface area contributed by atoms with Crippen molar-refractivity contribution in [3.05, 3.63) is 28.7 Å². The van der Waals surface area contributed by atoms with Gasteiger partial charge in [0.1, 0.15) is 0 Å². The lowest BCUT2D eigenvalue weighted by Crippen LogP contribution is -2.10. The van der Waals surface area contributed by atoms with Crippen molar-refractivity contribution in [2.45, 2.75) is 0 Å². The van der Waals surface area contributed by atoms with Crippen LogP contribution in [0.5, 0.6) is 0 Å². The van der Waals surface area contributed by atoms with E-state index in [0.717, 1.165) is 10.2 Å². The number of nitrogens with two attached hydrogens (primary N) is 1. The number of rotatable bonds is 2. The van der Waals surface area contributed by atoms with Crippen LogP contribution in [0.2, 0.25) is 0 Å². The first kappa shape index (κ1) is 7.57. The van der Waals surface area contributed by atoms with Gasteiger partial charge in [-0.3, -0.25) is 0 Å². The molecule has 0 fully saturated rings. The second-order valence-corrected chi connectivity index (χ2v) is 2.80. The SMILES string of the molecule is NCNc1ccc(Br)cc1. The molecule has 2 nitrogen and oxygen atoms in total.